The summed E-state index contributed by atoms with van der Waals surface area (Å²) in [5.41, 5.74) is 0. The summed E-state index contributed by atoms with van der Waals surface area (Å²) >= 11 is 0. The van der Waals surface area contributed by atoms with Gasteiger partial charge >= 0.3 is 0 Å². The van der Waals surface area contributed by atoms with Crippen molar-refractivity contribution in [3.05, 3.63) is 0 Å². The lowest BCUT2D eigenvalue weighted by Gasteiger charge is -2.00. The topological polar surface area (TPSA) is 33.6 Å². The van der Waals surface area contributed by atoms with E-state index in [-0.39, 0.29) is 0 Å². The van der Waals surface area contributed by atoms with Crippen molar-refractivity contribution in [3.8, 4) is 0 Å². The second kappa shape index (κ2) is 4.59. The summed E-state index contributed by atoms with van der Waals surface area (Å²) in [5.74, 6) is 0.895. The van der Waals surface area contributed by atoms with Gasteiger partial charge in [0.25, 0.3) is 0 Å². The maximum absolute atomic E-state index is 4.72. The number of aliphatic imine (C=N–C) groups is 1. The number of nitrogens with zero attached hydrogens (tertiary/aromatic N) is 1. The van der Waals surface area contributed by atoms with Crippen LogP contribution in [0.15, 0.2) is 4.99 Å². The first-order valence-electron chi connectivity index (χ1n) is 2.47. The third kappa shape index (κ3) is 3.61. The molecule has 0 aromatic carbocycles. The SMILES string of the molecule is CN=C(C)NCOC. The molecular weight excluding hydrogens is 104 g/mol. The average Bonchev–Trinajstić information content (AvgIpc) is 1.83. The zero-order chi connectivity index (χ0) is 6.41. The van der Waals surface area contributed by atoms with Crippen LogP contribution in [0.3, 0.4) is 0 Å². The molecule has 0 aliphatic carbocycles. The molecule has 0 aromatic rings. The minimum Gasteiger partial charge on any atom is -0.365 e. The van der Waals surface area contributed by atoms with Gasteiger partial charge in [0, 0.05) is 14.2 Å². The Morgan fingerprint density at radius 2 is 2.38 bits per heavy atom. The second-order valence-corrected chi connectivity index (χ2v) is 1.42. The van der Waals surface area contributed by atoms with E-state index in [1.165, 1.54) is 0 Å². The van der Waals surface area contributed by atoms with Gasteiger partial charge in [-0.3, -0.25) is 4.99 Å². The molecule has 0 saturated heterocycles. The van der Waals surface area contributed by atoms with Crippen molar-refractivity contribution in [2.45, 2.75) is 6.92 Å². The van der Waals surface area contributed by atoms with Crippen LogP contribution < -0.4 is 5.32 Å². The molecule has 0 amide bonds. The molecule has 0 aliphatic heterocycles. The number of methoxy groups -OCH3 is 1. The lowest BCUT2D eigenvalue weighted by Crippen LogP contribution is -2.22. The summed E-state index contributed by atoms with van der Waals surface area (Å²) in [5, 5.41) is 2.91. The van der Waals surface area contributed by atoms with Crippen molar-refractivity contribution in [2.75, 3.05) is 20.9 Å². The Bertz CT molecular complexity index is 80.5. The van der Waals surface area contributed by atoms with E-state index in [1.54, 1.807) is 14.2 Å². The molecule has 0 bridgehead atoms. The number of hydrogen-bond donors (Lipinski definition) is 1. The van der Waals surface area contributed by atoms with Crippen molar-refractivity contribution >= 4 is 5.84 Å². The van der Waals surface area contributed by atoms with Crippen molar-refractivity contribution in [2.24, 2.45) is 4.99 Å². The van der Waals surface area contributed by atoms with E-state index >= 15 is 0 Å². The Balaban J connectivity index is 3.12. The van der Waals surface area contributed by atoms with Crippen LogP contribution in [0, 0.1) is 0 Å². The van der Waals surface area contributed by atoms with Crippen LogP contribution in [0.25, 0.3) is 0 Å². The summed E-state index contributed by atoms with van der Waals surface area (Å²) in [6.45, 7) is 2.42. The predicted octanol–water partition coefficient (Wildman–Crippen LogP) is 0.228. The van der Waals surface area contributed by atoms with Gasteiger partial charge in [0.2, 0.25) is 0 Å². The highest BCUT2D eigenvalue weighted by molar-refractivity contribution is 5.79. The third-order valence-electron chi connectivity index (χ3n) is 0.808. The molecule has 0 radical (unpaired) electrons. The van der Waals surface area contributed by atoms with Gasteiger partial charge in [0.15, 0.2) is 0 Å². The number of hydrogen-bond acceptors (Lipinski definition) is 2. The molecule has 3 nitrogen and oxygen atoms in total. The average molecular weight is 116 g/mol. The van der Waals surface area contributed by atoms with Crippen molar-refractivity contribution < 1.29 is 4.74 Å². The lowest BCUT2D eigenvalue weighted by molar-refractivity contribution is 0.192. The van der Waals surface area contributed by atoms with Gasteiger partial charge in [-0.25, -0.2) is 0 Å². The maximum atomic E-state index is 4.72. The van der Waals surface area contributed by atoms with Crippen LogP contribution in [-0.2, 0) is 4.74 Å². The molecule has 0 aliphatic rings. The van der Waals surface area contributed by atoms with Crippen LogP contribution in [0.5, 0.6) is 0 Å². The van der Waals surface area contributed by atoms with Gasteiger partial charge in [0.1, 0.15) is 6.73 Å². The fraction of sp³-hybridized carbons (Fsp3) is 0.800. The summed E-state index contributed by atoms with van der Waals surface area (Å²) in [4.78, 5) is 3.85. The molecule has 0 aromatic heterocycles. The van der Waals surface area contributed by atoms with Crippen molar-refractivity contribution in [3.63, 3.8) is 0 Å². The number of ether oxygens (including phenoxy) is 1. The fourth-order valence-electron chi connectivity index (χ4n) is 0.256. The maximum Gasteiger partial charge on any atom is 0.116 e. The van der Waals surface area contributed by atoms with E-state index < -0.39 is 0 Å². The van der Waals surface area contributed by atoms with Gasteiger partial charge in [-0.2, -0.15) is 0 Å². The standard InChI is InChI=1S/C5H12N2O/c1-5(6-2)7-4-8-3/h4H2,1-3H3,(H,6,7). The number of nitrogens with one attached hydrogen (secondary N) is 1. The van der Waals surface area contributed by atoms with Gasteiger partial charge in [-0.15, -0.1) is 0 Å². The highest BCUT2D eigenvalue weighted by Gasteiger charge is 1.81. The minimum atomic E-state index is 0.531. The molecule has 3 heteroatoms. The second-order valence-electron chi connectivity index (χ2n) is 1.42. The fourth-order valence-corrected chi connectivity index (χ4v) is 0.256. The van der Waals surface area contributed by atoms with Crippen molar-refractivity contribution in [1.29, 1.82) is 0 Å². The first kappa shape index (κ1) is 7.43. The van der Waals surface area contributed by atoms with Crippen LogP contribution in [0.1, 0.15) is 6.92 Å². The van der Waals surface area contributed by atoms with Gasteiger partial charge < -0.3 is 10.1 Å². The summed E-state index contributed by atoms with van der Waals surface area (Å²) < 4.78 is 4.72. The number of amidine groups is 1. The van der Waals surface area contributed by atoms with E-state index in [4.69, 9.17) is 4.74 Å². The monoisotopic (exact) mass is 116 g/mol. The highest BCUT2D eigenvalue weighted by atomic mass is 16.5. The minimum absolute atomic E-state index is 0.531. The van der Waals surface area contributed by atoms with E-state index in [0.29, 0.717) is 6.73 Å². The molecule has 48 valence electrons. The largest absolute Gasteiger partial charge is 0.365 e. The van der Waals surface area contributed by atoms with Crippen LogP contribution in [0.2, 0.25) is 0 Å². The molecule has 0 rings (SSSR count). The van der Waals surface area contributed by atoms with Gasteiger partial charge in [-0.05, 0) is 6.92 Å². The first-order chi connectivity index (χ1) is 3.81. The molecule has 0 heterocycles. The van der Waals surface area contributed by atoms with Crippen LogP contribution in [-0.4, -0.2) is 26.7 Å². The predicted molar refractivity (Wildman–Crippen MR) is 34.0 cm³/mol. The Morgan fingerprint density at radius 1 is 1.75 bits per heavy atom. The Labute approximate surface area is 49.8 Å². The Morgan fingerprint density at radius 3 is 2.75 bits per heavy atom. The summed E-state index contributed by atoms with van der Waals surface area (Å²) in [6.07, 6.45) is 0. The molecule has 0 spiro atoms. The van der Waals surface area contributed by atoms with E-state index in [2.05, 4.69) is 10.3 Å². The third-order valence-corrected chi connectivity index (χ3v) is 0.808. The molecule has 0 fully saturated rings. The van der Waals surface area contributed by atoms with Crippen LogP contribution in [0.4, 0.5) is 0 Å². The zero-order valence-corrected chi connectivity index (χ0v) is 5.56. The van der Waals surface area contributed by atoms with E-state index in [9.17, 15) is 0 Å². The number of rotatable bonds is 2. The zero-order valence-electron chi connectivity index (χ0n) is 5.56. The van der Waals surface area contributed by atoms with Gasteiger partial charge in [-0.1, -0.05) is 0 Å². The normalized spacial score (nSPS) is 11.6. The summed E-state index contributed by atoms with van der Waals surface area (Å²) in [6, 6.07) is 0. The van der Waals surface area contributed by atoms with Crippen molar-refractivity contribution in [1.82, 2.24) is 5.32 Å². The summed E-state index contributed by atoms with van der Waals surface area (Å²) in [7, 11) is 3.37. The molecule has 0 saturated carbocycles. The Kier molecular flexibility index (Phi) is 4.26. The van der Waals surface area contributed by atoms with E-state index in [1.807, 2.05) is 6.92 Å². The highest BCUT2D eigenvalue weighted by Crippen LogP contribution is 1.66. The van der Waals surface area contributed by atoms with Crippen LogP contribution >= 0.6 is 0 Å². The Hall–Kier alpha value is -0.570. The molecule has 0 unspecified atom stereocenters. The molecule has 0 atom stereocenters. The lowest BCUT2D eigenvalue weighted by atomic mass is 10.7. The van der Waals surface area contributed by atoms with Gasteiger partial charge in [0.05, 0.1) is 5.84 Å². The first-order valence-corrected chi connectivity index (χ1v) is 2.47. The molecular formula is C5H12N2O. The quantitative estimate of drug-likeness (QED) is 0.318. The van der Waals surface area contributed by atoms with E-state index in [0.717, 1.165) is 5.84 Å². The smallest absolute Gasteiger partial charge is 0.116 e. The molecule has 1 N–H and O–H groups in total. The molecule has 8 heavy (non-hydrogen) atoms.